The van der Waals surface area contributed by atoms with Crippen LogP contribution in [0.15, 0.2) is 18.3 Å². The Bertz CT molecular complexity index is 531. The monoisotopic (exact) mass is 308 g/mol. The van der Waals surface area contributed by atoms with E-state index in [9.17, 15) is 9.70 Å². The van der Waals surface area contributed by atoms with Crippen molar-refractivity contribution in [2.45, 2.75) is 45.6 Å². The van der Waals surface area contributed by atoms with E-state index in [0.717, 1.165) is 32.4 Å². The summed E-state index contributed by atoms with van der Waals surface area (Å²) in [5.41, 5.74) is -0.608. The number of ether oxygens (including phenoxy) is 1. The van der Waals surface area contributed by atoms with Gasteiger partial charge in [-0.15, -0.1) is 0 Å². The summed E-state index contributed by atoms with van der Waals surface area (Å²) >= 11 is 0. The predicted octanol–water partition coefficient (Wildman–Crippen LogP) is 3.21. The van der Waals surface area contributed by atoms with Crippen LogP contribution in [-0.2, 0) is 4.84 Å². The van der Waals surface area contributed by atoms with Crippen LogP contribution < -0.4 is 4.74 Å². The first-order valence-electron chi connectivity index (χ1n) is 7.44. The summed E-state index contributed by atoms with van der Waals surface area (Å²) in [4.78, 5) is 34.8. The van der Waals surface area contributed by atoms with Gasteiger partial charge in [-0.05, 0) is 56.0 Å². The fraction of sp³-hybridized carbons (Fsp3) is 0.600. The number of rotatable bonds is 3. The number of aromatic nitrogens is 1. The molecule has 1 fully saturated rings. The van der Waals surface area contributed by atoms with Crippen LogP contribution in [0.5, 0.6) is 5.75 Å². The molecule has 2 heterocycles. The van der Waals surface area contributed by atoms with Crippen molar-refractivity contribution in [3.63, 3.8) is 0 Å². The number of carbonyl (C=O) groups excluding carboxylic acids is 1. The number of nitrogens with zero attached hydrogens (tertiary/aromatic N) is 3. The van der Waals surface area contributed by atoms with Crippen LogP contribution in [0.1, 0.15) is 40.0 Å². The molecule has 1 aliphatic heterocycles. The van der Waals surface area contributed by atoms with Gasteiger partial charge in [-0.2, -0.15) is 0 Å². The lowest BCUT2D eigenvalue weighted by molar-refractivity contribution is -0.768. The number of carbonyl (C=O) groups is 1. The molecule has 1 aliphatic rings. The first kappa shape index (κ1) is 16.2. The molecular formula is C15H22N3O4+. The van der Waals surface area contributed by atoms with Gasteiger partial charge >= 0.3 is 11.9 Å². The van der Waals surface area contributed by atoms with Crippen molar-refractivity contribution in [1.29, 1.82) is 0 Å². The number of likely N-dealkylation sites (tertiary alicyclic amines) is 1. The second kappa shape index (κ2) is 6.72. The Kier molecular flexibility index (Phi) is 4.95. The standard InChI is InChI=1S/C15H22N3O4/c1-15(2,3)22-18(20)13-8-7-12(11-16-13)21-14(19)17-9-5-4-6-10-17/h7-8,11H,4-6,9-10H2,1-3H3/q+1. The second-order valence-electron chi connectivity index (χ2n) is 6.23. The third-order valence-electron chi connectivity index (χ3n) is 3.08. The van der Waals surface area contributed by atoms with Crippen molar-refractivity contribution >= 4 is 11.9 Å². The van der Waals surface area contributed by atoms with Crippen LogP contribution in [-0.4, -0.2) is 39.6 Å². The molecule has 0 saturated carbocycles. The third-order valence-corrected chi connectivity index (χ3v) is 3.08. The van der Waals surface area contributed by atoms with E-state index in [4.69, 9.17) is 9.57 Å². The lowest BCUT2D eigenvalue weighted by Crippen LogP contribution is -2.37. The van der Waals surface area contributed by atoms with Crippen LogP contribution in [0, 0.1) is 4.91 Å². The zero-order chi connectivity index (χ0) is 16.2. The van der Waals surface area contributed by atoms with Gasteiger partial charge in [0.05, 0.1) is 0 Å². The molecule has 0 aromatic carbocycles. The van der Waals surface area contributed by atoms with E-state index in [1.807, 2.05) is 0 Å². The maximum Gasteiger partial charge on any atom is 0.415 e. The molecule has 0 spiro atoms. The SMILES string of the molecule is CC(C)(C)O[N+](=O)c1ccc(OC(=O)N2CCCCC2)cn1. The third kappa shape index (κ3) is 4.68. The Hall–Kier alpha value is -2.18. The maximum atomic E-state index is 12.0. The topological polar surface area (TPSA) is 71.7 Å². The highest BCUT2D eigenvalue weighted by molar-refractivity contribution is 5.70. The second-order valence-corrected chi connectivity index (χ2v) is 6.23. The lowest BCUT2D eigenvalue weighted by Gasteiger charge is -2.25. The minimum Gasteiger partial charge on any atom is -0.406 e. The van der Waals surface area contributed by atoms with Crippen LogP contribution in [0.25, 0.3) is 0 Å². The zero-order valence-electron chi connectivity index (χ0n) is 13.2. The van der Waals surface area contributed by atoms with Crippen LogP contribution in [0.2, 0.25) is 0 Å². The van der Waals surface area contributed by atoms with Crippen LogP contribution in [0.4, 0.5) is 10.6 Å². The highest BCUT2D eigenvalue weighted by Gasteiger charge is 2.25. The first-order valence-corrected chi connectivity index (χ1v) is 7.44. The molecule has 1 aromatic heterocycles. The smallest absolute Gasteiger partial charge is 0.406 e. The molecule has 2 rings (SSSR count). The Morgan fingerprint density at radius 1 is 1.23 bits per heavy atom. The summed E-state index contributed by atoms with van der Waals surface area (Å²) in [6.07, 6.45) is 4.11. The van der Waals surface area contributed by atoms with Gasteiger partial charge < -0.3 is 9.64 Å². The van der Waals surface area contributed by atoms with E-state index >= 15 is 0 Å². The number of pyridine rings is 1. The molecule has 1 amide bonds. The molecule has 1 saturated heterocycles. The average molecular weight is 308 g/mol. The van der Waals surface area contributed by atoms with Crippen LogP contribution >= 0.6 is 0 Å². The largest absolute Gasteiger partial charge is 0.415 e. The highest BCUT2D eigenvalue weighted by Crippen LogP contribution is 2.19. The zero-order valence-corrected chi connectivity index (χ0v) is 13.2. The number of hydrogen-bond donors (Lipinski definition) is 0. The summed E-state index contributed by atoms with van der Waals surface area (Å²) in [6, 6.07) is 2.98. The molecule has 0 aliphatic carbocycles. The Labute approximate surface area is 129 Å². The number of hydrogen-bond acceptors (Lipinski definition) is 5. The van der Waals surface area contributed by atoms with Crippen molar-refractivity contribution in [3.05, 3.63) is 23.2 Å². The molecule has 7 nitrogen and oxygen atoms in total. The fourth-order valence-corrected chi connectivity index (χ4v) is 2.08. The van der Waals surface area contributed by atoms with E-state index in [-0.39, 0.29) is 11.9 Å². The van der Waals surface area contributed by atoms with Crippen molar-refractivity contribution in [2.24, 2.45) is 0 Å². The Morgan fingerprint density at radius 3 is 2.45 bits per heavy atom. The molecule has 22 heavy (non-hydrogen) atoms. The highest BCUT2D eigenvalue weighted by atomic mass is 16.8. The minimum atomic E-state index is -0.608. The van der Waals surface area contributed by atoms with Gasteiger partial charge in [0, 0.05) is 19.2 Å². The Morgan fingerprint density at radius 2 is 1.91 bits per heavy atom. The number of piperidine rings is 1. The van der Waals surface area contributed by atoms with Gasteiger partial charge in [-0.1, -0.05) is 0 Å². The summed E-state index contributed by atoms with van der Waals surface area (Å²) in [5.74, 6) is 0.413. The van der Waals surface area contributed by atoms with Gasteiger partial charge in [0.25, 0.3) is 0 Å². The molecule has 0 atom stereocenters. The summed E-state index contributed by atoms with van der Waals surface area (Å²) in [7, 11) is 0. The van der Waals surface area contributed by atoms with E-state index in [0.29, 0.717) is 10.7 Å². The maximum absolute atomic E-state index is 12.0. The Balaban J connectivity index is 1.94. The quantitative estimate of drug-likeness (QED) is 0.802. The molecular weight excluding hydrogens is 286 g/mol. The van der Waals surface area contributed by atoms with Crippen molar-refractivity contribution in [3.8, 4) is 5.75 Å². The van der Waals surface area contributed by atoms with E-state index in [1.54, 1.807) is 25.7 Å². The first-order chi connectivity index (χ1) is 10.3. The summed E-state index contributed by atoms with van der Waals surface area (Å²) < 4.78 is 5.25. The average Bonchev–Trinajstić information content (AvgIpc) is 2.47. The van der Waals surface area contributed by atoms with Gasteiger partial charge in [0.1, 0.15) is 0 Å². The van der Waals surface area contributed by atoms with Crippen molar-refractivity contribution in [2.75, 3.05) is 13.1 Å². The van der Waals surface area contributed by atoms with E-state index in [1.165, 1.54) is 18.3 Å². The van der Waals surface area contributed by atoms with E-state index in [2.05, 4.69) is 4.98 Å². The molecule has 0 N–H and O–H groups in total. The number of amides is 1. The summed E-state index contributed by atoms with van der Waals surface area (Å²) in [6.45, 7) is 6.75. The van der Waals surface area contributed by atoms with Crippen LogP contribution in [0.3, 0.4) is 0 Å². The van der Waals surface area contributed by atoms with Gasteiger partial charge in [-0.25, -0.2) is 4.79 Å². The van der Waals surface area contributed by atoms with Crippen molar-refractivity contribution < 1.29 is 19.3 Å². The molecule has 7 heteroatoms. The molecule has 0 unspecified atom stereocenters. The normalized spacial score (nSPS) is 15.3. The van der Waals surface area contributed by atoms with Crippen molar-refractivity contribution in [1.82, 2.24) is 9.88 Å². The molecule has 1 aromatic rings. The van der Waals surface area contributed by atoms with Gasteiger partial charge in [0.15, 0.2) is 22.5 Å². The molecule has 0 bridgehead atoms. The molecule has 120 valence electrons. The van der Waals surface area contributed by atoms with E-state index < -0.39 is 5.60 Å². The summed E-state index contributed by atoms with van der Waals surface area (Å²) in [5, 5.41) is 0. The molecule has 0 radical (unpaired) electrons. The fourth-order valence-electron chi connectivity index (χ4n) is 2.08. The minimum absolute atomic E-state index is 0.104. The predicted molar refractivity (Wildman–Crippen MR) is 79.8 cm³/mol. The lowest BCUT2D eigenvalue weighted by atomic mass is 10.1. The van der Waals surface area contributed by atoms with Gasteiger partial charge in [-0.3, -0.25) is 4.84 Å². The van der Waals surface area contributed by atoms with Gasteiger partial charge in [0.2, 0.25) is 0 Å².